The Morgan fingerprint density at radius 3 is 2.28 bits per heavy atom. The van der Waals surface area contributed by atoms with Crippen LogP contribution in [0, 0.1) is 5.92 Å². The number of alkyl halides is 3. The molecule has 0 aliphatic carbocycles. The highest BCUT2D eigenvalue weighted by atomic mass is 19.4. The van der Waals surface area contributed by atoms with Crippen LogP contribution >= 0.6 is 0 Å². The molecular formula is C23H24F3N5O. The normalized spacial score (nSPS) is 15.1. The number of hydrogen-bond acceptors (Lipinski definition) is 3. The van der Waals surface area contributed by atoms with Crippen molar-refractivity contribution in [2.24, 2.45) is 5.92 Å². The molecule has 0 radical (unpaired) electrons. The third kappa shape index (κ3) is 4.42. The van der Waals surface area contributed by atoms with E-state index in [9.17, 15) is 18.0 Å². The number of amides is 2. The van der Waals surface area contributed by atoms with E-state index >= 15 is 0 Å². The van der Waals surface area contributed by atoms with E-state index < -0.39 is 11.7 Å². The largest absolute Gasteiger partial charge is 0.416 e. The third-order valence-electron chi connectivity index (χ3n) is 5.71. The SMILES string of the molecule is CC1CCN(C(=O)Nc2c(-c3ccccc3)nn(-c3ccc(C(F)(F)F)cc3)c2N)CC1. The van der Waals surface area contributed by atoms with Crippen molar-refractivity contribution in [3.05, 3.63) is 60.2 Å². The number of rotatable bonds is 3. The number of halogens is 3. The van der Waals surface area contributed by atoms with Crippen LogP contribution in [0.25, 0.3) is 16.9 Å². The lowest BCUT2D eigenvalue weighted by molar-refractivity contribution is -0.137. The van der Waals surface area contributed by atoms with Crippen molar-refractivity contribution in [1.29, 1.82) is 0 Å². The summed E-state index contributed by atoms with van der Waals surface area (Å²) < 4.78 is 40.2. The molecule has 4 rings (SSSR count). The van der Waals surface area contributed by atoms with E-state index in [4.69, 9.17) is 5.73 Å². The molecule has 32 heavy (non-hydrogen) atoms. The van der Waals surface area contributed by atoms with Gasteiger partial charge in [0, 0.05) is 18.7 Å². The maximum Gasteiger partial charge on any atom is 0.416 e. The van der Waals surface area contributed by atoms with Gasteiger partial charge in [-0.05, 0) is 43.0 Å². The molecule has 0 saturated carbocycles. The third-order valence-corrected chi connectivity index (χ3v) is 5.71. The van der Waals surface area contributed by atoms with Crippen molar-refractivity contribution in [2.45, 2.75) is 25.9 Å². The summed E-state index contributed by atoms with van der Waals surface area (Å²) in [5.74, 6) is 0.716. The first-order valence-corrected chi connectivity index (χ1v) is 10.4. The van der Waals surface area contributed by atoms with Gasteiger partial charge in [0.2, 0.25) is 0 Å². The highest BCUT2D eigenvalue weighted by molar-refractivity contribution is 5.97. The van der Waals surface area contributed by atoms with Gasteiger partial charge in [0.1, 0.15) is 11.4 Å². The molecule has 0 atom stereocenters. The van der Waals surface area contributed by atoms with Gasteiger partial charge in [0.05, 0.1) is 11.3 Å². The molecular weight excluding hydrogens is 419 g/mol. The van der Waals surface area contributed by atoms with Gasteiger partial charge >= 0.3 is 12.2 Å². The van der Waals surface area contributed by atoms with Crippen LogP contribution in [-0.2, 0) is 6.18 Å². The standard InChI is InChI=1S/C23H24F3N5O/c1-15-11-13-30(14-12-15)22(32)28-20-19(16-5-3-2-4-6-16)29-31(21(20)27)18-9-7-17(8-10-18)23(24,25)26/h2-10,15H,11-14,27H2,1H3,(H,28,32). The molecule has 168 valence electrons. The molecule has 3 aromatic rings. The Morgan fingerprint density at radius 1 is 1.06 bits per heavy atom. The zero-order valence-corrected chi connectivity index (χ0v) is 17.6. The Kier molecular flexibility index (Phi) is 5.82. The zero-order chi connectivity index (χ0) is 22.9. The number of urea groups is 1. The molecule has 1 aliphatic heterocycles. The van der Waals surface area contributed by atoms with Crippen LogP contribution in [0.1, 0.15) is 25.3 Å². The summed E-state index contributed by atoms with van der Waals surface area (Å²) in [7, 11) is 0. The fraction of sp³-hybridized carbons (Fsp3) is 0.304. The number of carbonyl (C=O) groups is 1. The Bertz CT molecular complexity index is 1090. The fourth-order valence-corrected chi connectivity index (χ4v) is 3.74. The van der Waals surface area contributed by atoms with E-state index in [0.29, 0.717) is 36.1 Å². The highest BCUT2D eigenvalue weighted by Crippen LogP contribution is 2.35. The number of nitrogens with two attached hydrogens (primary N) is 1. The Balaban J connectivity index is 1.70. The first-order chi connectivity index (χ1) is 15.2. The molecule has 1 aliphatic rings. The van der Waals surface area contributed by atoms with Gasteiger partial charge in [-0.15, -0.1) is 0 Å². The Hall–Kier alpha value is -3.49. The Morgan fingerprint density at radius 2 is 1.69 bits per heavy atom. The maximum absolute atomic E-state index is 12.9. The number of aromatic nitrogens is 2. The average Bonchev–Trinajstić information content (AvgIpc) is 3.10. The molecule has 2 aromatic carbocycles. The number of likely N-dealkylation sites (tertiary alicyclic amines) is 1. The van der Waals surface area contributed by atoms with Crippen LogP contribution in [0.3, 0.4) is 0 Å². The molecule has 0 bridgehead atoms. The summed E-state index contributed by atoms with van der Waals surface area (Å²) in [5, 5.41) is 7.42. The van der Waals surface area contributed by atoms with Crippen LogP contribution < -0.4 is 11.1 Å². The van der Waals surface area contributed by atoms with Gasteiger partial charge in [-0.3, -0.25) is 0 Å². The predicted molar refractivity (Wildman–Crippen MR) is 117 cm³/mol. The van der Waals surface area contributed by atoms with E-state index in [1.54, 1.807) is 4.90 Å². The summed E-state index contributed by atoms with van der Waals surface area (Å²) in [6.07, 6.45) is -2.58. The first-order valence-electron chi connectivity index (χ1n) is 10.4. The predicted octanol–water partition coefficient (Wildman–Crippen LogP) is 5.40. The van der Waals surface area contributed by atoms with Crippen LogP contribution in [0.15, 0.2) is 54.6 Å². The molecule has 1 saturated heterocycles. The number of hydrogen-bond donors (Lipinski definition) is 2. The molecule has 0 spiro atoms. The second-order valence-corrected chi connectivity index (χ2v) is 8.03. The minimum Gasteiger partial charge on any atom is -0.382 e. The topological polar surface area (TPSA) is 76.2 Å². The van der Waals surface area contributed by atoms with Crippen molar-refractivity contribution >= 4 is 17.5 Å². The summed E-state index contributed by atoms with van der Waals surface area (Å²) in [6.45, 7) is 3.47. The molecule has 6 nitrogen and oxygen atoms in total. The van der Waals surface area contributed by atoms with Crippen LogP contribution in [0.2, 0.25) is 0 Å². The zero-order valence-electron chi connectivity index (χ0n) is 17.6. The van der Waals surface area contributed by atoms with E-state index in [1.165, 1.54) is 16.8 Å². The van der Waals surface area contributed by atoms with E-state index in [1.807, 2.05) is 30.3 Å². The summed E-state index contributed by atoms with van der Waals surface area (Å²) in [6, 6.07) is 13.5. The minimum absolute atomic E-state index is 0.141. The van der Waals surface area contributed by atoms with Crippen molar-refractivity contribution < 1.29 is 18.0 Å². The highest BCUT2D eigenvalue weighted by Gasteiger charge is 2.30. The van der Waals surface area contributed by atoms with E-state index in [0.717, 1.165) is 30.5 Å². The monoisotopic (exact) mass is 443 g/mol. The molecule has 3 N–H and O–H groups in total. The number of nitrogens with zero attached hydrogens (tertiary/aromatic N) is 3. The van der Waals surface area contributed by atoms with E-state index in [2.05, 4.69) is 17.3 Å². The number of nitrogens with one attached hydrogen (secondary N) is 1. The number of nitrogen functional groups attached to an aromatic ring is 1. The number of anilines is 2. The van der Waals surface area contributed by atoms with Crippen LogP contribution in [0.4, 0.5) is 29.5 Å². The summed E-state index contributed by atoms with van der Waals surface area (Å²) in [5.41, 5.74) is 7.45. The second-order valence-electron chi connectivity index (χ2n) is 8.03. The minimum atomic E-state index is -4.44. The van der Waals surface area contributed by atoms with Crippen molar-refractivity contribution in [3.8, 4) is 16.9 Å². The van der Waals surface area contributed by atoms with Gasteiger partial charge in [-0.25, -0.2) is 9.48 Å². The second kappa shape index (κ2) is 8.57. The van der Waals surface area contributed by atoms with Gasteiger partial charge in [0.25, 0.3) is 0 Å². The van der Waals surface area contributed by atoms with Crippen LogP contribution in [0.5, 0.6) is 0 Å². The smallest absolute Gasteiger partial charge is 0.382 e. The van der Waals surface area contributed by atoms with Gasteiger partial charge in [-0.2, -0.15) is 18.3 Å². The van der Waals surface area contributed by atoms with E-state index in [-0.39, 0.29) is 11.8 Å². The quantitative estimate of drug-likeness (QED) is 0.569. The summed E-state index contributed by atoms with van der Waals surface area (Å²) >= 11 is 0. The molecule has 2 amide bonds. The Labute approximate surface area is 183 Å². The maximum atomic E-state index is 12.9. The molecule has 1 aromatic heterocycles. The lowest BCUT2D eigenvalue weighted by Gasteiger charge is -2.30. The first kappa shape index (κ1) is 21.7. The van der Waals surface area contributed by atoms with Crippen molar-refractivity contribution in [1.82, 2.24) is 14.7 Å². The number of benzene rings is 2. The fourth-order valence-electron chi connectivity index (χ4n) is 3.74. The van der Waals surface area contributed by atoms with Gasteiger partial charge in [-0.1, -0.05) is 37.3 Å². The lowest BCUT2D eigenvalue weighted by Crippen LogP contribution is -2.40. The molecule has 9 heteroatoms. The van der Waals surface area contributed by atoms with Gasteiger partial charge < -0.3 is 16.0 Å². The van der Waals surface area contributed by atoms with Crippen molar-refractivity contribution in [2.75, 3.05) is 24.1 Å². The molecule has 1 fully saturated rings. The molecule has 2 heterocycles. The number of piperidine rings is 1. The number of carbonyl (C=O) groups excluding carboxylic acids is 1. The average molecular weight is 443 g/mol. The van der Waals surface area contributed by atoms with Crippen molar-refractivity contribution in [3.63, 3.8) is 0 Å². The lowest BCUT2D eigenvalue weighted by atomic mass is 10.00. The molecule has 0 unspecified atom stereocenters. The van der Waals surface area contributed by atoms with Crippen LogP contribution in [-0.4, -0.2) is 33.8 Å². The van der Waals surface area contributed by atoms with Gasteiger partial charge in [0.15, 0.2) is 5.82 Å². The summed E-state index contributed by atoms with van der Waals surface area (Å²) in [4.78, 5) is 14.6.